The zero-order valence-electron chi connectivity index (χ0n) is 17.0. The van der Waals surface area contributed by atoms with Crippen molar-refractivity contribution in [1.29, 1.82) is 0 Å². The normalized spacial score (nSPS) is 20.1. The van der Waals surface area contributed by atoms with Gasteiger partial charge in [0.25, 0.3) is 0 Å². The molecule has 1 aromatic carbocycles. The molecule has 6 nitrogen and oxygen atoms in total. The largest absolute Gasteiger partial charge is 0.378 e. The van der Waals surface area contributed by atoms with Crippen LogP contribution < -0.4 is 5.32 Å². The molecule has 28 heavy (non-hydrogen) atoms. The van der Waals surface area contributed by atoms with Gasteiger partial charge in [0.2, 0.25) is 5.91 Å². The van der Waals surface area contributed by atoms with Gasteiger partial charge in [-0.1, -0.05) is 25.1 Å². The molecule has 0 aliphatic carbocycles. The fourth-order valence-corrected chi connectivity index (χ4v) is 4.67. The minimum atomic E-state index is 0.139. The van der Waals surface area contributed by atoms with E-state index in [9.17, 15) is 4.79 Å². The number of likely N-dealkylation sites (tertiary alicyclic amines) is 1. The van der Waals surface area contributed by atoms with Gasteiger partial charge in [0.1, 0.15) is 0 Å². The first-order valence-electron chi connectivity index (χ1n) is 10.2. The van der Waals surface area contributed by atoms with Crippen LogP contribution in [0.1, 0.15) is 19.8 Å². The van der Waals surface area contributed by atoms with E-state index in [0.717, 1.165) is 51.5 Å². The molecule has 3 rings (SSSR count). The van der Waals surface area contributed by atoms with E-state index >= 15 is 0 Å². The standard InChI is InChI=1S/C21H32N4O2S/c1-17(28-19-6-4-3-5-7-19)16-23-21(22-2)25-10-8-18(9-11-25)20(26)24-12-14-27-15-13-24/h3-7,17-18H,8-16H2,1-2H3,(H,22,23). The van der Waals surface area contributed by atoms with Crippen LogP contribution >= 0.6 is 11.8 Å². The van der Waals surface area contributed by atoms with E-state index in [1.54, 1.807) is 0 Å². The van der Waals surface area contributed by atoms with Gasteiger partial charge in [-0.3, -0.25) is 9.79 Å². The SMILES string of the molecule is CN=C(NCC(C)Sc1ccccc1)N1CCC(C(=O)N2CCOCC2)CC1. The van der Waals surface area contributed by atoms with Gasteiger partial charge in [-0.15, -0.1) is 11.8 Å². The van der Waals surface area contributed by atoms with E-state index in [-0.39, 0.29) is 5.92 Å². The molecule has 2 aliphatic rings. The summed E-state index contributed by atoms with van der Waals surface area (Å²) < 4.78 is 5.36. The molecule has 0 bridgehead atoms. The molecule has 1 atom stereocenters. The van der Waals surface area contributed by atoms with Gasteiger partial charge in [0, 0.05) is 55.8 Å². The van der Waals surface area contributed by atoms with Crippen molar-refractivity contribution in [3.63, 3.8) is 0 Å². The summed E-state index contributed by atoms with van der Waals surface area (Å²) in [5.41, 5.74) is 0. The Bertz CT molecular complexity index is 641. The first kappa shape index (κ1) is 21.0. The zero-order valence-corrected chi connectivity index (χ0v) is 17.8. The number of hydrogen-bond donors (Lipinski definition) is 1. The number of ether oxygens (including phenoxy) is 1. The van der Waals surface area contributed by atoms with Crippen molar-refractivity contribution >= 4 is 23.6 Å². The van der Waals surface area contributed by atoms with Crippen molar-refractivity contribution in [1.82, 2.24) is 15.1 Å². The lowest BCUT2D eigenvalue weighted by Gasteiger charge is -2.37. The number of nitrogens with one attached hydrogen (secondary N) is 1. The molecule has 0 radical (unpaired) electrons. The highest BCUT2D eigenvalue weighted by atomic mass is 32.2. The van der Waals surface area contributed by atoms with Crippen LogP contribution in [0.3, 0.4) is 0 Å². The third kappa shape index (κ3) is 5.88. The number of thioether (sulfide) groups is 1. The summed E-state index contributed by atoms with van der Waals surface area (Å²) in [7, 11) is 1.84. The molecule has 154 valence electrons. The van der Waals surface area contributed by atoms with Crippen molar-refractivity contribution in [2.75, 3.05) is 53.0 Å². The maximum atomic E-state index is 12.7. The van der Waals surface area contributed by atoms with Crippen molar-refractivity contribution < 1.29 is 9.53 Å². The number of benzene rings is 1. The lowest BCUT2D eigenvalue weighted by atomic mass is 9.95. The molecule has 2 saturated heterocycles. The fourth-order valence-electron chi connectivity index (χ4n) is 3.72. The number of guanidine groups is 1. The molecule has 2 heterocycles. The number of rotatable bonds is 5. The van der Waals surface area contributed by atoms with E-state index in [1.807, 2.05) is 29.8 Å². The molecule has 0 spiro atoms. The first-order valence-corrected chi connectivity index (χ1v) is 11.1. The maximum Gasteiger partial charge on any atom is 0.225 e. The second kappa shape index (κ2) is 10.7. The van der Waals surface area contributed by atoms with Gasteiger partial charge in [0.15, 0.2) is 5.96 Å². The number of carbonyl (C=O) groups excluding carboxylic acids is 1. The molecule has 7 heteroatoms. The number of nitrogens with zero attached hydrogens (tertiary/aromatic N) is 3. The Hall–Kier alpha value is -1.73. The van der Waals surface area contributed by atoms with Gasteiger partial charge >= 0.3 is 0 Å². The monoisotopic (exact) mass is 404 g/mol. The van der Waals surface area contributed by atoms with Crippen LogP contribution in [-0.4, -0.2) is 79.9 Å². The summed E-state index contributed by atoms with van der Waals surface area (Å²) in [6.07, 6.45) is 1.79. The molecule has 1 amide bonds. The zero-order chi connectivity index (χ0) is 19.8. The number of amides is 1. The number of aliphatic imine (C=N–C) groups is 1. The third-order valence-corrected chi connectivity index (χ3v) is 6.42. The second-order valence-corrected chi connectivity index (χ2v) is 8.88. The fraction of sp³-hybridized carbons (Fsp3) is 0.619. The van der Waals surface area contributed by atoms with Gasteiger partial charge in [-0.05, 0) is 25.0 Å². The lowest BCUT2D eigenvalue weighted by molar-refractivity contribution is -0.140. The highest BCUT2D eigenvalue weighted by molar-refractivity contribution is 8.00. The summed E-state index contributed by atoms with van der Waals surface area (Å²) in [4.78, 5) is 22.7. The minimum absolute atomic E-state index is 0.139. The highest BCUT2D eigenvalue weighted by Crippen LogP contribution is 2.23. The molecular weight excluding hydrogens is 372 g/mol. The first-order chi connectivity index (χ1) is 13.7. The molecule has 2 fully saturated rings. The molecular formula is C21H32N4O2S. The van der Waals surface area contributed by atoms with Crippen LogP contribution in [0.2, 0.25) is 0 Å². The Morgan fingerprint density at radius 3 is 2.50 bits per heavy atom. The van der Waals surface area contributed by atoms with Crippen LogP contribution in [-0.2, 0) is 9.53 Å². The van der Waals surface area contributed by atoms with E-state index in [4.69, 9.17) is 4.74 Å². The maximum absolute atomic E-state index is 12.7. The molecule has 1 unspecified atom stereocenters. The van der Waals surface area contributed by atoms with Gasteiger partial charge in [0.05, 0.1) is 13.2 Å². The Kier molecular flexibility index (Phi) is 8.03. The van der Waals surface area contributed by atoms with Crippen molar-refractivity contribution in [3.8, 4) is 0 Å². The lowest BCUT2D eigenvalue weighted by Crippen LogP contribution is -2.50. The number of morpholine rings is 1. The number of carbonyl (C=O) groups is 1. The summed E-state index contributed by atoms with van der Waals surface area (Å²) in [6, 6.07) is 10.5. The summed E-state index contributed by atoms with van der Waals surface area (Å²) in [6.45, 7) is 7.64. The van der Waals surface area contributed by atoms with Crippen LogP contribution in [0.15, 0.2) is 40.2 Å². The second-order valence-electron chi connectivity index (χ2n) is 7.37. The third-order valence-electron chi connectivity index (χ3n) is 5.31. The van der Waals surface area contributed by atoms with Crippen LogP contribution in [0, 0.1) is 5.92 Å². The van der Waals surface area contributed by atoms with E-state index < -0.39 is 0 Å². The number of piperidine rings is 1. The minimum Gasteiger partial charge on any atom is -0.378 e. The smallest absolute Gasteiger partial charge is 0.225 e. The van der Waals surface area contributed by atoms with Gasteiger partial charge in [-0.25, -0.2) is 0 Å². The van der Waals surface area contributed by atoms with Crippen LogP contribution in [0.5, 0.6) is 0 Å². The van der Waals surface area contributed by atoms with Crippen molar-refractivity contribution in [2.24, 2.45) is 10.9 Å². The summed E-state index contributed by atoms with van der Waals surface area (Å²) in [5, 5.41) is 3.95. The average molecular weight is 405 g/mol. The molecule has 0 saturated carbocycles. The van der Waals surface area contributed by atoms with Crippen LogP contribution in [0.25, 0.3) is 0 Å². The molecule has 0 aromatic heterocycles. The molecule has 1 aromatic rings. The van der Waals surface area contributed by atoms with E-state index in [0.29, 0.717) is 24.4 Å². The number of hydrogen-bond acceptors (Lipinski definition) is 4. The van der Waals surface area contributed by atoms with Crippen molar-refractivity contribution in [3.05, 3.63) is 30.3 Å². The van der Waals surface area contributed by atoms with Crippen LogP contribution in [0.4, 0.5) is 0 Å². The van der Waals surface area contributed by atoms with Crippen molar-refractivity contribution in [2.45, 2.75) is 29.9 Å². The topological polar surface area (TPSA) is 57.2 Å². The predicted molar refractivity (Wildman–Crippen MR) is 115 cm³/mol. The molecule has 1 N–H and O–H groups in total. The average Bonchev–Trinajstić information content (AvgIpc) is 2.75. The van der Waals surface area contributed by atoms with E-state index in [2.05, 4.69) is 46.4 Å². The summed E-state index contributed by atoms with van der Waals surface area (Å²) in [5.74, 6) is 1.39. The Labute approximate surface area is 172 Å². The highest BCUT2D eigenvalue weighted by Gasteiger charge is 2.30. The quantitative estimate of drug-likeness (QED) is 0.464. The van der Waals surface area contributed by atoms with Gasteiger partial charge < -0.3 is 19.9 Å². The van der Waals surface area contributed by atoms with Gasteiger partial charge in [-0.2, -0.15) is 0 Å². The predicted octanol–water partition coefficient (Wildman–Crippen LogP) is 2.31. The Balaban J connectivity index is 1.42. The molecule has 2 aliphatic heterocycles. The summed E-state index contributed by atoms with van der Waals surface area (Å²) >= 11 is 1.87. The Morgan fingerprint density at radius 2 is 1.86 bits per heavy atom. The Morgan fingerprint density at radius 1 is 1.18 bits per heavy atom. The van der Waals surface area contributed by atoms with E-state index in [1.165, 1.54) is 4.90 Å².